The Morgan fingerprint density at radius 1 is 1.39 bits per heavy atom. The van der Waals surface area contributed by atoms with E-state index in [0.29, 0.717) is 17.6 Å². The Labute approximate surface area is 165 Å². The minimum Gasteiger partial charge on any atom is -0.458 e. The molecule has 12 heteroatoms. The Hall–Kier alpha value is -1.99. The lowest BCUT2D eigenvalue weighted by molar-refractivity contribution is -0.408. The zero-order chi connectivity index (χ0) is 20.3. The maximum atomic E-state index is 12.0. The zero-order valence-electron chi connectivity index (χ0n) is 15.5. The number of aliphatic hydroxyl groups excluding tert-OH is 2. The Kier molecular flexibility index (Phi) is 6.67. The summed E-state index contributed by atoms with van der Waals surface area (Å²) in [6.07, 6.45) is 1.53. The van der Waals surface area contributed by atoms with Gasteiger partial charge in [-0.05, 0) is 12.0 Å². The van der Waals surface area contributed by atoms with Gasteiger partial charge in [-0.15, -0.1) is 0 Å². The average molecular weight is 413 g/mol. The van der Waals surface area contributed by atoms with Crippen molar-refractivity contribution in [2.75, 3.05) is 24.3 Å². The summed E-state index contributed by atoms with van der Waals surface area (Å²) < 4.78 is 12.6. The third kappa shape index (κ3) is 4.36. The monoisotopic (exact) mass is 413 g/mol. The third-order valence-electron chi connectivity index (χ3n) is 4.66. The first-order valence-electron chi connectivity index (χ1n) is 8.84. The van der Waals surface area contributed by atoms with Crippen LogP contribution in [-0.2, 0) is 20.8 Å². The van der Waals surface area contributed by atoms with E-state index < -0.39 is 36.4 Å². The van der Waals surface area contributed by atoms with Gasteiger partial charge in [0.15, 0.2) is 17.5 Å². The van der Waals surface area contributed by atoms with Crippen LogP contribution in [0.15, 0.2) is 12.7 Å². The quantitative estimate of drug-likeness (QED) is 0.348. The Balaban J connectivity index is 1.59. The van der Waals surface area contributed by atoms with E-state index in [4.69, 9.17) is 15.2 Å². The number of hydrogen-bond acceptors (Lipinski definition) is 10. The number of thioether (sulfide) groups is 1. The number of rotatable bonds is 8. The molecular formula is C16H25N6O5S+. The van der Waals surface area contributed by atoms with E-state index in [0.717, 1.165) is 5.75 Å². The van der Waals surface area contributed by atoms with E-state index in [9.17, 15) is 15.0 Å². The number of nitrogens with zero attached hydrogens (tertiary/aromatic N) is 4. The van der Waals surface area contributed by atoms with Crippen LogP contribution >= 0.6 is 11.8 Å². The highest BCUT2D eigenvalue weighted by Gasteiger charge is 2.43. The van der Waals surface area contributed by atoms with E-state index in [1.807, 2.05) is 6.26 Å². The predicted octanol–water partition coefficient (Wildman–Crippen LogP) is -2.20. The molecule has 1 aliphatic rings. The third-order valence-corrected chi connectivity index (χ3v) is 5.31. The van der Waals surface area contributed by atoms with Gasteiger partial charge in [0, 0.05) is 6.42 Å². The average Bonchev–Trinajstić information content (AvgIpc) is 3.21. The van der Waals surface area contributed by atoms with Crippen molar-refractivity contribution in [3.8, 4) is 0 Å². The molecule has 0 amide bonds. The Morgan fingerprint density at radius 3 is 2.89 bits per heavy atom. The number of anilines is 1. The van der Waals surface area contributed by atoms with Crippen molar-refractivity contribution in [3.63, 3.8) is 0 Å². The maximum absolute atomic E-state index is 12.0. The topological polar surface area (TPSA) is 173 Å². The van der Waals surface area contributed by atoms with Gasteiger partial charge in [-0.2, -0.15) is 11.8 Å². The molecule has 3 heterocycles. The SMILES string of the molecule is CSCC[C@H]([NH3+])C(=O)OC[C@H]1O[C@@H](Cn2cnc3c(N)ncnc32)[C@H](O)[C@@H]1O. The molecule has 3 rings (SSSR count). The minimum absolute atomic E-state index is 0.154. The largest absolute Gasteiger partial charge is 0.458 e. The number of carbonyl (C=O) groups is 1. The molecular weight excluding hydrogens is 388 g/mol. The fourth-order valence-corrected chi connectivity index (χ4v) is 3.52. The van der Waals surface area contributed by atoms with Crippen LogP contribution in [0.5, 0.6) is 0 Å². The normalized spacial score (nSPS) is 25.9. The smallest absolute Gasteiger partial charge is 0.364 e. The molecule has 7 N–H and O–H groups in total. The molecule has 5 atom stereocenters. The molecule has 0 saturated carbocycles. The minimum atomic E-state index is -1.18. The molecule has 28 heavy (non-hydrogen) atoms. The van der Waals surface area contributed by atoms with E-state index in [1.54, 1.807) is 16.3 Å². The number of hydrogen-bond donors (Lipinski definition) is 4. The molecule has 1 fully saturated rings. The number of nitrogens with two attached hydrogens (primary N) is 1. The second-order valence-corrected chi connectivity index (χ2v) is 7.62. The van der Waals surface area contributed by atoms with Crippen molar-refractivity contribution >= 4 is 34.7 Å². The summed E-state index contributed by atoms with van der Waals surface area (Å²) >= 11 is 1.63. The maximum Gasteiger partial charge on any atom is 0.364 e. The number of carbonyl (C=O) groups excluding carboxylic acids is 1. The molecule has 0 radical (unpaired) electrons. The van der Waals surface area contributed by atoms with Crippen LogP contribution in [-0.4, -0.2) is 84.8 Å². The first kappa shape index (κ1) is 20.7. The van der Waals surface area contributed by atoms with Gasteiger partial charge in [0.05, 0.1) is 12.9 Å². The van der Waals surface area contributed by atoms with Crippen LogP contribution in [0.3, 0.4) is 0 Å². The van der Waals surface area contributed by atoms with Gasteiger partial charge in [0.1, 0.15) is 42.9 Å². The summed E-state index contributed by atoms with van der Waals surface area (Å²) in [5, 5.41) is 20.6. The lowest BCUT2D eigenvalue weighted by Crippen LogP contribution is -2.65. The standard InChI is InChI=1S/C16H24N6O5S/c1-28-3-2-8(17)16(25)26-5-10-13(24)12(23)9(27-10)4-22-7-21-11-14(18)19-6-20-15(11)22/h6-10,12-13,23-24H,2-5,17H2,1H3,(H2,18,19,20)/p+1/t8-,9-,10+,12-,13+/m0/s1. The summed E-state index contributed by atoms with van der Waals surface area (Å²) in [5.74, 6) is 0.612. The molecule has 11 nitrogen and oxygen atoms in total. The molecule has 2 aromatic heterocycles. The van der Waals surface area contributed by atoms with Crippen LogP contribution < -0.4 is 11.5 Å². The number of ether oxygens (including phenoxy) is 2. The Bertz CT molecular complexity index is 820. The fourth-order valence-electron chi connectivity index (χ4n) is 3.00. The highest BCUT2D eigenvalue weighted by Crippen LogP contribution is 2.24. The van der Waals surface area contributed by atoms with Crippen molar-refractivity contribution in [3.05, 3.63) is 12.7 Å². The van der Waals surface area contributed by atoms with Gasteiger partial charge in [0.25, 0.3) is 0 Å². The molecule has 0 aromatic carbocycles. The van der Waals surface area contributed by atoms with Gasteiger partial charge < -0.3 is 35.7 Å². The van der Waals surface area contributed by atoms with Crippen LogP contribution in [0.4, 0.5) is 5.82 Å². The molecule has 1 saturated heterocycles. The van der Waals surface area contributed by atoms with Crippen molar-refractivity contribution in [1.29, 1.82) is 0 Å². The number of aliphatic hydroxyl groups is 2. The highest BCUT2D eigenvalue weighted by molar-refractivity contribution is 7.98. The van der Waals surface area contributed by atoms with Crippen molar-refractivity contribution in [1.82, 2.24) is 19.5 Å². The molecule has 1 aliphatic heterocycles. The number of fused-ring (bicyclic) bond motifs is 1. The lowest BCUT2D eigenvalue weighted by atomic mass is 10.1. The summed E-state index contributed by atoms with van der Waals surface area (Å²) in [6, 6.07) is -0.478. The van der Waals surface area contributed by atoms with E-state index in [2.05, 4.69) is 20.7 Å². The first-order chi connectivity index (χ1) is 13.4. The lowest BCUT2D eigenvalue weighted by Gasteiger charge is -2.16. The second-order valence-electron chi connectivity index (χ2n) is 6.63. The molecule has 0 unspecified atom stereocenters. The summed E-state index contributed by atoms with van der Waals surface area (Å²) in [4.78, 5) is 24.2. The van der Waals surface area contributed by atoms with E-state index >= 15 is 0 Å². The van der Waals surface area contributed by atoms with E-state index in [1.165, 1.54) is 12.7 Å². The summed E-state index contributed by atoms with van der Waals surface area (Å²) in [5.41, 5.74) is 10.5. The second kappa shape index (κ2) is 9.01. The van der Waals surface area contributed by atoms with Gasteiger partial charge in [-0.25, -0.2) is 19.7 Å². The van der Waals surface area contributed by atoms with Crippen LogP contribution in [0.1, 0.15) is 6.42 Å². The van der Waals surface area contributed by atoms with Crippen molar-refractivity contribution in [2.24, 2.45) is 0 Å². The summed E-state index contributed by atoms with van der Waals surface area (Å²) in [7, 11) is 0. The number of quaternary nitrogens is 1. The van der Waals surface area contributed by atoms with Crippen LogP contribution in [0.25, 0.3) is 11.2 Å². The number of aromatic nitrogens is 4. The van der Waals surface area contributed by atoms with Gasteiger partial charge in [0.2, 0.25) is 0 Å². The Morgan fingerprint density at radius 2 is 2.14 bits per heavy atom. The van der Waals surface area contributed by atoms with Crippen molar-refractivity contribution < 1.29 is 30.2 Å². The molecule has 154 valence electrons. The van der Waals surface area contributed by atoms with Gasteiger partial charge in [-0.3, -0.25) is 0 Å². The van der Waals surface area contributed by atoms with Gasteiger partial charge in [-0.1, -0.05) is 0 Å². The number of nitrogen functional groups attached to an aromatic ring is 1. The van der Waals surface area contributed by atoms with E-state index in [-0.39, 0.29) is 19.0 Å². The number of imidazole rings is 1. The molecule has 2 aromatic rings. The molecule has 0 aliphatic carbocycles. The van der Waals surface area contributed by atoms with Gasteiger partial charge >= 0.3 is 5.97 Å². The number of esters is 1. The fraction of sp³-hybridized carbons (Fsp3) is 0.625. The first-order valence-corrected chi connectivity index (χ1v) is 10.2. The van der Waals surface area contributed by atoms with Crippen LogP contribution in [0, 0.1) is 0 Å². The highest BCUT2D eigenvalue weighted by atomic mass is 32.2. The summed E-state index contributed by atoms with van der Waals surface area (Å²) in [6.45, 7) is 0.0416. The zero-order valence-corrected chi connectivity index (χ0v) is 16.3. The molecule has 0 spiro atoms. The van der Waals surface area contributed by atoms with Crippen LogP contribution in [0.2, 0.25) is 0 Å². The predicted molar refractivity (Wildman–Crippen MR) is 101 cm³/mol. The van der Waals surface area contributed by atoms with Crippen molar-refractivity contribution in [2.45, 2.75) is 43.4 Å². The molecule has 0 bridgehead atoms.